The fourth-order valence-corrected chi connectivity index (χ4v) is 3.29. The Hall–Kier alpha value is -3.74. The molecule has 0 aliphatic carbocycles. The number of nitrogen functional groups attached to an aromatic ring is 1. The number of nitrogens with zero attached hydrogens (tertiary/aromatic N) is 4. The number of aromatic nitrogens is 4. The summed E-state index contributed by atoms with van der Waals surface area (Å²) in [5.74, 6) is 0.220. The van der Waals surface area contributed by atoms with Gasteiger partial charge in [-0.2, -0.15) is 5.10 Å². The third kappa shape index (κ3) is 3.54. The molecule has 0 spiro atoms. The number of hydrogen-bond donors (Lipinski definition) is 2. The largest absolute Gasteiger partial charge is 0.383 e. The molecular formula is C22H22N6O. The fraction of sp³-hybridized carbons (Fsp3) is 0.182. The van der Waals surface area contributed by atoms with Crippen molar-refractivity contribution in [2.24, 2.45) is 0 Å². The van der Waals surface area contributed by atoms with Crippen LogP contribution >= 0.6 is 0 Å². The molecule has 4 rings (SSSR count). The van der Waals surface area contributed by atoms with Crippen molar-refractivity contribution in [1.82, 2.24) is 19.7 Å². The molecule has 0 bridgehead atoms. The Labute approximate surface area is 168 Å². The van der Waals surface area contributed by atoms with Crippen LogP contribution in [-0.2, 0) is 0 Å². The maximum atomic E-state index is 12.6. The second-order valence-corrected chi connectivity index (χ2v) is 7.25. The van der Waals surface area contributed by atoms with E-state index in [0.29, 0.717) is 33.8 Å². The Morgan fingerprint density at radius 2 is 1.90 bits per heavy atom. The summed E-state index contributed by atoms with van der Waals surface area (Å²) < 4.78 is 1.83. The predicted molar refractivity (Wildman–Crippen MR) is 115 cm³/mol. The lowest BCUT2D eigenvalue weighted by molar-refractivity contribution is 0.102. The minimum absolute atomic E-state index is 0.116. The lowest BCUT2D eigenvalue weighted by Gasteiger charge is -2.08. The highest BCUT2D eigenvalue weighted by atomic mass is 16.1. The minimum atomic E-state index is -0.161. The number of benzene rings is 2. The maximum absolute atomic E-state index is 12.6. The number of aryl methyl sites for hydroxylation is 1. The number of nitrogens with one attached hydrogen (secondary N) is 1. The van der Waals surface area contributed by atoms with Gasteiger partial charge in [-0.1, -0.05) is 29.8 Å². The first-order valence-corrected chi connectivity index (χ1v) is 9.41. The van der Waals surface area contributed by atoms with Crippen LogP contribution in [0.3, 0.4) is 0 Å². The number of carbonyl (C=O) groups is 1. The van der Waals surface area contributed by atoms with Crippen LogP contribution in [0, 0.1) is 6.92 Å². The molecule has 0 unspecified atom stereocenters. The van der Waals surface area contributed by atoms with Crippen molar-refractivity contribution in [2.75, 3.05) is 11.1 Å². The average molecular weight is 386 g/mol. The number of fused-ring (bicyclic) bond motifs is 1. The molecule has 0 fully saturated rings. The molecule has 0 aliphatic rings. The zero-order valence-electron chi connectivity index (χ0n) is 16.5. The molecular weight excluding hydrogens is 364 g/mol. The van der Waals surface area contributed by atoms with Crippen molar-refractivity contribution in [3.8, 4) is 11.3 Å². The minimum Gasteiger partial charge on any atom is -0.383 e. The summed E-state index contributed by atoms with van der Waals surface area (Å²) in [6, 6.07) is 15.1. The third-order valence-corrected chi connectivity index (χ3v) is 4.68. The van der Waals surface area contributed by atoms with Crippen LogP contribution in [0.1, 0.15) is 35.8 Å². The molecule has 0 radical (unpaired) electrons. The van der Waals surface area contributed by atoms with Crippen molar-refractivity contribution < 1.29 is 4.79 Å². The summed E-state index contributed by atoms with van der Waals surface area (Å²) >= 11 is 0. The molecule has 7 nitrogen and oxygen atoms in total. The average Bonchev–Trinajstić information content (AvgIpc) is 3.09. The molecule has 29 heavy (non-hydrogen) atoms. The maximum Gasteiger partial charge on any atom is 0.255 e. The molecule has 2 heterocycles. The highest BCUT2D eigenvalue weighted by molar-refractivity contribution is 6.05. The van der Waals surface area contributed by atoms with Crippen LogP contribution < -0.4 is 11.1 Å². The summed E-state index contributed by atoms with van der Waals surface area (Å²) in [5.41, 5.74) is 10.7. The fourth-order valence-electron chi connectivity index (χ4n) is 3.29. The smallest absolute Gasteiger partial charge is 0.255 e. The number of nitrogens with two attached hydrogens (primary N) is 1. The number of anilines is 2. The Morgan fingerprint density at radius 3 is 2.66 bits per heavy atom. The van der Waals surface area contributed by atoms with Crippen LogP contribution in [0.4, 0.5) is 11.5 Å². The second-order valence-electron chi connectivity index (χ2n) is 7.25. The van der Waals surface area contributed by atoms with Crippen molar-refractivity contribution in [3.05, 3.63) is 66.0 Å². The molecule has 0 saturated heterocycles. The number of amides is 1. The van der Waals surface area contributed by atoms with Gasteiger partial charge >= 0.3 is 0 Å². The Morgan fingerprint density at radius 1 is 1.10 bits per heavy atom. The number of carbonyl (C=O) groups excluding carboxylic acids is 1. The third-order valence-electron chi connectivity index (χ3n) is 4.68. The van der Waals surface area contributed by atoms with Crippen LogP contribution in [0.5, 0.6) is 0 Å². The van der Waals surface area contributed by atoms with Gasteiger partial charge in [-0.25, -0.2) is 14.6 Å². The summed E-state index contributed by atoms with van der Waals surface area (Å²) in [5, 5.41) is 8.39. The number of hydrogen-bond acceptors (Lipinski definition) is 5. The van der Waals surface area contributed by atoms with Gasteiger partial charge in [-0.3, -0.25) is 4.79 Å². The monoisotopic (exact) mass is 386 g/mol. The van der Waals surface area contributed by atoms with Gasteiger partial charge in [0, 0.05) is 22.9 Å². The Bertz CT molecular complexity index is 1210. The van der Waals surface area contributed by atoms with E-state index in [9.17, 15) is 4.79 Å². The SMILES string of the molecule is Cc1cccc(C(=O)Nc2cccc(-c3nn(C(C)C)c4ncnc(N)c34)c2)c1. The lowest BCUT2D eigenvalue weighted by Crippen LogP contribution is -2.11. The van der Waals surface area contributed by atoms with E-state index in [2.05, 4.69) is 15.3 Å². The lowest BCUT2D eigenvalue weighted by atomic mass is 10.1. The highest BCUT2D eigenvalue weighted by Gasteiger charge is 2.18. The van der Waals surface area contributed by atoms with Gasteiger partial charge in [-0.05, 0) is 45.0 Å². The van der Waals surface area contributed by atoms with E-state index in [1.807, 2.05) is 67.9 Å². The van der Waals surface area contributed by atoms with Crippen molar-refractivity contribution in [2.45, 2.75) is 26.8 Å². The molecule has 4 aromatic rings. The van der Waals surface area contributed by atoms with Gasteiger partial charge in [-0.15, -0.1) is 0 Å². The van der Waals surface area contributed by atoms with Crippen molar-refractivity contribution >= 4 is 28.4 Å². The van der Waals surface area contributed by atoms with Gasteiger partial charge in [0.15, 0.2) is 5.65 Å². The number of rotatable bonds is 4. The summed E-state index contributed by atoms with van der Waals surface area (Å²) in [6.45, 7) is 6.03. The van der Waals surface area contributed by atoms with Crippen molar-refractivity contribution in [3.63, 3.8) is 0 Å². The topological polar surface area (TPSA) is 98.7 Å². The van der Waals surface area contributed by atoms with Gasteiger partial charge < -0.3 is 11.1 Å². The molecule has 2 aromatic carbocycles. The van der Waals surface area contributed by atoms with E-state index in [1.54, 1.807) is 6.07 Å². The van der Waals surface area contributed by atoms with Crippen LogP contribution in [-0.4, -0.2) is 25.7 Å². The van der Waals surface area contributed by atoms with E-state index in [4.69, 9.17) is 10.8 Å². The zero-order valence-corrected chi connectivity index (χ0v) is 16.5. The summed E-state index contributed by atoms with van der Waals surface area (Å²) in [6.07, 6.45) is 1.44. The van der Waals surface area contributed by atoms with Gasteiger partial charge in [0.2, 0.25) is 0 Å². The quantitative estimate of drug-likeness (QED) is 0.547. The molecule has 146 valence electrons. The van der Waals surface area contributed by atoms with E-state index in [-0.39, 0.29) is 11.9 Å². The molecule has 7 heteroatoms. The Kier molecular flexibility index (Phi) is 4.72. The zero-order chi connectivity index (χ0) is 20.5. The molecule has 2 aromatic heterocycles. The second kappa shape index (κ2) is 7.35. The van der Waals surface area contributed by atoms with E-state index >= 15 is 0 Å². The predicted octanol–water partition coefficient (Wildman–Crippen LogP) is 4.22. The van der Waals surface area contributed by atoms with Gasteiger partial charge in [0.25, 0.3) is 5.91 Å². The van der Waals surface area contributed by atoms with Crippen LogP contribution in [0.25, 0.3) is 22.3 Å². The summed E-state index contributed by atoms with van der Waals surface area (Å²) in [7, 11) is 0. The van der Waals surface area contributed by atoms with Crippen LogP contribution in [0.2, 0.25) is 0 Å². The van der Waals surface area contributed by atoms with E-state index in [1.165, 1.54) is 6.33 Å². The molecule has 0 atom stereocenters. The highest BCUT2D eigenvalue weighted by Crippen LogP contribution is 2.32. The standard InChI is InChI=1S/C22H22N6O/c1-13(2)28-21-18(20(23)24-12-25-21)19(27-28)15-7-5-9-17(11-15)26-22(29)16-8-4-6-14(3)10-16/h4-13H,1-3H3,(H,26,29)(H2,23,24,25). The van der Waals surface area contributed by atoms with E-state index < -0.39 is 0 Å². The summed E-state index contributed by atoms with van der Waals surface area (Å²) in [4.78, 5) is 21.1. The molecule has 1 amide bonds. The molecule has 3 N–H and O–H groups in total. The first kappa shape index (κ1) is 18.6. The first-order chi connectivity index (χ1) is 13.9. The molecule has 0 aliphatic heterocycles. The first-order valence-electron chi connectivity index (χ1n) is 9.41. The van der Waals surface area contributed by atoms with Crippen LogP contribution in [0.15, 0.2) is 54.9 Å². The van der Waals surface area contributed by atoms with Gasteiger partial charge in [0.05, 0.1) is 5.39 Å². The molecule has 0 saturated carbocycles. The normalized spacial score (nSPS) is 11.2. The Balaban J connectivity index is 1.74. The van der Waals surface area contributed by atoms with Crippen molar-refractivity contribution in [1.29, 1.82) is 0 Å². The van der Waals surface area contributed by atoms with E-state index in [0.717, 1.165) is 11.1 Å². The van der Waals surface area contributed by atoms with Gasteiger partial charge in [0.1, 0.15) is 17.8 Å².